The van der Waals surface area contributed by atoms with E-state index in [4.69, 9.17) is 0 Å². The number of nitrogens with zero attached hydrogens (tertiary/aromatic N) is 1. The molecule has 0 bridgehead atoms. The quantitative estimate of drug-likeness (QED) is 0.618. The number of fused-ring (bicyclic) bond motifs is 1. The van der Waals surface area contributed by atoms with Crippen molar-refractivity contribution < 1.29 is 4.79 Å². The van der Waals surface area contributed by atoms with Gasteiger partial charge in [0, 0.05) is 12.7 Å². The van der Waals surface area contributed by atoms with Gasteiger partial charge in [-0.25, -0.2) is 0 Å². The molecule has 3 aromatic rings. The van der Waals surface area contributed by atoms with Crippen LogP contribution in [0.4, 0.5) is 5.69 Å². The van der Waals surface area contributed by atoms with E-state index in [1.165, 1.54) is 0 Å². The molecule has 1 atom stereocenters. The Hall–Kier alpha value is -3.13. The molecule has 0 saturated heterocycles. The number of aryl methyl sites for hydroxylation is 1. The summed E-state index contributed by atoms with van der Waals surface area (Å²) in [7, 11) is 1.88. The van der Waals surface area contributed by atoms with Crippen molar-refractivity contribution in [3.63, 3.8) is 0 Å². The van der Waals surface area contributed by atoms with Gasteiger partial charge in [-0.1, -0.05) is 84.9 Å². The lowest BCUT2D eigenvalue weighted by Crippen LogP contribution is -2.39. The zero-order chi connectivity index (χ0) is 18.9. The highest BCUT2D eigenvalue weighted by Crippen LogP contribution is 2.48. The molecule has 0 N–H and O–H groups in total. The lowest BCUT2D eigenvalue weighted by molar-refractivity contribution is -0.121. The third-order valence-electron chi connectivity index (χ3n) is 5.53. The van der Waals surface area contributed by atoms with Crippen molar-refractivity contribution in [2.45, 2.75) is 18.8 Å². The molecule has 0 fully saturated rings. The molecule has 0 radical (unpaired) electrons. The number of carbonyl (C=O) groups excluding carboxylic acids is 1. The van der Waals surface area contributed by atoms with E-state index < -0.39 is 5.41 Å². The second kappa shape index (κ2) is 6.88. The number of hydrogen-bond acceptors (Lipinski definition) is 1. The van der Waals surface area contributed by atoms with Crippen LogP contribution in [-0.4, -0.2) is 13.0 Å². The summed E-state index contributed by atoms with van der Waals surface area (Å²) in [4.78, 5) is 15.4. The van der Waals surface area contributed by atoms with Gasteiger partial charge in [0.05, 0.1) is 0 Å². The van der Waals surface area contributed by atoms with E-state index in [-0.39, 0.29) is 5.91 Å². The van der Waals surface area contributed by atoms with Crippen molar-refractivity contribution in [2.75, 3.05) is 11.9 Å². The zero-order valence-electron chi connectivity index (χ0n) is 15.7. The Kier molecular flexibility index (Phi) is 4.41. The number of hydrogen-bond donors (Lipinski definition) is 0. The first-order chi connectivity index (χ1) is 13.1. The topological polar surface area (TPSA) is 20.3 Å². The maximum absolute atomic E-state index is 13.6. The molecule has 2 nitrogen and oxygen atoms in total. The molecule has 0 saturated carbocycles. The highest BCUT2D eigenvalue weighted by atomic mass is 16.2. The van der Waals surface area contributed by atoms with Crippen molar-refractivity contribution in [3.8, 4) is 0 Å². The van der Waals surface area contributed by atoms with Crippen molar-refractivity contribution in [1.82, 2.24) is 0 Å². The summed E-state index contributed by atoms with van der Waals surface area (Å²) in [6.07, 6.45) is 4.87. The van der Waals surface area contributed by atoms with Crippen LogP contribution < -0.4 is 4.90 Å². The van der Waals surface area contributed by atoms with E-state index in [0.717, 1.165) is 27.9 Å². The van der Waals surface area contributed by atoms with Gasteiger partial charge in [-0.05, 0) is 41.7 Å². The molecular formula is C25H23NO. The van der Waals surface area contributed by atoms with E-state index in [9.17, 15) is 4.79 Å². The Morgan fingerprint density at radius 1 is 0.852 bits per heavy atom. The van der Waals surface area contributed by atoms with Crippen LogP contribution in [0, 0.1) is 6.92 Å². The molecule has 0 unspecified atom stereocenters. The number of carbonyl (C=O) groups is 1. The molecule has 0 aromatic heterocycles. The highest BCUT2D eigenvalue weighted by molar-refractivity contribution is 6.10. The Morgan fingerprint density at radius 2 is 1.48 bits per heavy atom. The van der Waals surface area contributed by atoms with Crippen LogP contribution in [0.3, 0.4) is 0 Å². The average molecular weight is 353 g/mol. The van der Waals surface area contributed by atoms with Crippen LogP contribution in [0.1, 0.15) is 28.7 Å². The predicted octanol–water partition coefficient (Wildman–Crippen LogP) is 5.36. The summed E-state index contributed by atoms with van der Waals surface area (Å²) >= 11 is 0. The molecule has 1 aliphatic rings. The summed E-state index contributed by atoms with van der Waals surface area (Å²) in [6, 6.07) is 26.6. The van der Waals surface area contributed by atoms with Crippen molar-refractivity contribution >= 4 is 17.7 Å². The first-order valence-corrected chi connectivity index (χ1v) is 9.30. The average Bonchev–Trinajstić information content (AvgIpc) is 2.92. The third-order valence-corrected chi connectivity index (χ3v) is 5.53. The molecule has 0 aliphatic carbocycles. The fraction of sp³-hybridized carbons (Fsp3) is 0.160. The molecule has 134 valence electrons. The first kappa shape index (κ1) is 17.3. The maximum atomic E-state index is 13.6. The third kappa shape index (κ3) is 2.78. The lowest BCUT2D eigenvalue weighted by atomic mass is 9.71. The van der Waals surface area contributed by atoms with Crippen LogP contribution in [0.5, 0.6) is 0 Å². The second-order valence-electron chi connectivity index (χ2n) is 7.12. The van der Waals surface area contributed by atoms with Gasteiger partial charge in [0.15, 0.2) is 0 Å². The van der Waals surface area contributed by atoms with Gasteiger partial charge in [0.1, 0.15) is 5.41 Å². The summed E-state index contributed by atoms with van der Waals surface area (Å²) in [5.74, 6) is 0.135. The summed E-state index contributed by atoms with van der Waals surface area (Å²) in [6.45, 7) is 2.09. The van der Waals surface area contributed by atoms with Crippen LogP contribution in [0.25, 0.3) is 6.08 Å². The number of allylic oxidation sites excluding steroid dienone is 1. The summed E-state index contributed by atoms with van der Waals surface area (Å²) in [5, 5.41) is 0. The number of para-hydroxylation sites is 1. The number of likely N-dealkylation sites (N-methyl/N-ethyl adjacent to an activating group) is 1. The van der Waals surface area contributed by atoms with Crippen molar-refractivity contribution in [2.24, 2.45) is 0 Å². The predicted molar refractivity (Wildman–Crippen MR) is 112 cm³/mol. The second-order valence-corrected chi connectivity index (χ2v) is 7.12. The first-order valence-electron chi connectivity index (χ1n) is 9.30. The minimum Gasteiger partial charge on any atom is -0.314 e. The Balaban J connectivity index is 1.86. The smallest absolute Gasteiger partial charge is 0.242 e. The molecule has 1 amide bonds. The fourth-order valence-corrected chi connectivity index (χ4v) is 4.19. The molecule has 27 heavy (non-hydrogen) atoms. The van der Waals surface area contributed by atoms with Gasteiger partial charge in [0.25, 0.3) is 0 Å². The minimum atomic E-state index is -0.679. The van der Waals surface area contributed by atoms with E-state index in [0.29, 0.717) is 6.42 Å². The SMILES string of the molecule is Cc1ccccc1[C@@]1(C/C=C/c2ccccc2)C(=O)N(C)c2ccccc21. The van der Waals surface area contributed by atoms with Gasteiger partial charge >= 0.3 is 0 Å². The largest absolute Gasteiger partial charge is 0.314 e. The number of amides is 1. The van der Waals surface area contributed by atoms with Gasteiger partial charge in [-0.3, -0.25) is 4.79 Å². The van der Waals surface area contributed by atoms with Crippen molar-refractivity contribution in [3.05, 3.63) is 107 Å². The van der Waals surface area contributed by atoms with Crippen LogP contribution in [0.2, 0.25) is 0 Å². The summed E-state index contributed by atoms with van der Waals surface area (Å²) < 4.78 is 0. The number of anilines is 1. The molecule has 2 heteroatoms. The Morgan fingerprint density at radius 3 is 2.22 bits per heavy atom. The molecule has 4 rings (SSSR count). The van der Waals surface area contributed by atoms with Gasteiger partial charge in [-0.2, -0.15) is 0 Å². The van der Waals surface area contributed by atoms with E-state index in [2.05, 4.69) is 49.4 Å². The summed E-state index contributed by atoms with van der Waals surface area (Å²) in [5.41, 5.74) is 4.78. The highest BCUT2D eigenvalue weighted by Gasteiger charge is 2.50. The van der Waals surface area contributed by atoms with Crippen LogP contribution in [0.15, 0.2) is 84.9 Å². The normalized spacial score (nSPS) is 18.9. The van der Waals surface area contributed by atoms with Crippen LogP contribution in [-0.2, 0) is 10.2 Å². The lowest BCUT2D eigenvalue weighted by Gasteiger charge is -2.29. The van der Waals surface area contributed by atoms with Crippen LogP contribution >= 0.6 is 0 Å². The van der Waals surface area contributed by atoms with Gasteiger partial charge in [0.2, 0.25) is 5.91 Å². The molecule has 3 aromatic carbocycles. The van der Waals surface area contributed by atoms with Gasteiger partial charge in [-0.15, -0.1) is 0 Å². The Bertz CT molecular complexity index is 1010. The maximum Gasteiger partial charge on any atom is 0.242 e. The molecular weight excluding hydrogens is 330 g/mol. The monoisotopic (exact) mass is 353 g/mol. The number of benzene rings is 3. The van der Waals surface area contributed by atoms with E-state index in [1.54, 1.807) is 4.90 Å². The van der Waals surface area contributed by atoms with E-state index in [1.807, 2.05) is 55.6 Å². The standard InChI is InChI=1S/C25H23NO/c1-19-11-6-7-15-21(19)25(18-10-14-20-12-4-3-5-13-20)22-16-8-9-17-23(22)26(2)24(25)27/h3-17H,18H2,1-2H3/b14-10+/t25-/m1/s1. The van der Waals surface area contributed by atoms with Gasteiger partial charge < -0.3 is 4.90 Å². The fourth-order valence-electron chi connectivity index (χ4n) is 4.19. The minimum absolute atomic E-state index is 0.135. The van der Waals surface area contributed by atoms with Crippen molar-refractivity contribution in [1.29, 1.82) is 0 Å². The Labute approximate surface area is 160 Å². The molecule has 1 aliphatic heterocycles. The number of rotatable bonds is 4. The molecule has 1 heterocycles. The zero-order valence-corrected chi connectivity index (χ0v) is 15.7. The molecule has 0 spiro atoms. The van der Waals surface area contributed by atoms with E-state index >= 15 is 0 Å².